The maximum Gasteiger partial charge on any atom is 0.213 e. The van der Waals surface area contributed by atoms with E-state index in [9.17, 15) is 8.42 Å². The second-order valence-corrected chi connectivity index (χ2v) is 10.8. The molecule has 1 aliphatic carbocycles. The van der Waals surface area contributed by atoms with Crippen LogP contribution in [0.2, 0.25) is 0 Å². The standard InChI is InChI=1S/C23H39N5O2S/c1-3-24-23(25-12-15-31(29,30)26-17-20-7-5-8-20)27-22-10-13-28(14-11-22)18-21-9-4-6-19(2)16-21/h4,6,9,16,20,22,26H,3,5,7-8,10-15,17-18H2,1-2H3,(H2,24,25,27). The summed E-state index contributed by atoms with van der Waals surface area (Å²) in [5.74, 6) is 1.27. The number of sulfonamides is 1. The van der Waals surface area contributed by atoms with E-state index in [1.54, 1.807) is 0 Å². The monoisotopic (exact) mass is 449 g/mol. The molecule has 0 unspecified atom stereocenters. The molecule has 3 N–H and O–H groups in total. The van der Waals surface area contributed by atoms with Gasteiger partial charge in [-0.15, -0.1) is 0 Å². The number of guanidine groups is 1. The number of rotatable bonds is 10. The third-order valence-electron chi connectivity index (χ3n) is 6.21. The molecule has 3 rings (SSSR count). The van der Waals surface area contributed by atoms with Crippen molar-refractivity contribution in [2.45, 2.75) is 58.5 Å². The van der Waals surface area contributed by atoms with E-state index in [0.717, 1.165) is 51.9 Å². The van der Waals surface area contributed by atoms with E-state index in [1.807, 2.05) is 6.92 Å². The lowest BCUT2D eigenvalue weighted by molar-refractivity contribution is 0.198. The molecule has 0 bridgehead atoms. The van der Waals surface area contributed by atoms with Crippen molar-refractivity contribution in [1.82, 2.24) is 20.3 Å². The van der Waals surface area contributed by atoms with Gasteiger partial charge in [-0.3, -0.25) is 9.89 Å². The highest BCUT2D eigenvalue weighted by Crippen LogP contribution is 2.25. The first-order chi connectivity index (χ1) is 14.9. The van der Waals surface area contributed by atoms with Crippen molar-refractivity contribution >= 4 is 16.0 Å². The predicted octanol–water partition coefficient (Wildman–Crippen LogP) is 2.23. The topological polar surface area (TPSA) is 85.8 Å². The molecule has 1 aromatic rings. The van der Waals surface area contributed by atoms with E-state index in [1.165, 1.54) is 17.5 Å². The number of nitrogens with zero attached hydrogens (tertiary/aromatic N) is 2. The Morgan fingerprint density at radius 1 is 1.19 bits per heavy atom. The van der Waals surface area contributed by atoms with Crippen molar-refractivity contribution in [3.05, 3.63) is 35.4 Å². The van der Waals surface area contributed by atoms with Crippen LogP contribution >= 0.6 is 0 Å². The molecule has 8 heteroatoms. The molecule has 174 valence electrons. The summed E-state index contributed by atoms with van der Waals surface area (Å²) in [4.78, 5) is 7.01. The van der Waals surface area contributed by atoms with E-state index in [4.69, 9.17) is 0 Å². The van der Waals surface area contributed by atoms with Crippen LogP contribution in [0.4, 0.5) is 0 Å². The first-order valence-electron chi connectivity index (χ1n) is 11.7. The van der Waals surface area contributed by atoms with Crippen LogP contribution in [0.25, 0.3) is 0 Å². The zero-order valence-electron chi connectivity index (χ0n) is 19.1. The van der Waals surface area contributed by atoms with Crippen molar-refractivity contribution < 1.29 is 8.42 Å². The number of nitrogens with one attached hydrogen (secondary N) is 3. The minimum atomic E-state index is -3.26. The van der Waals surface area contributed by atoms with Gasteiger partial charge in [0.15, 0.2) is 5.96 Å². The Bertz CT molecular complexity index is 815. The summed E-state index contributed by atoms with van der Waals surface area (Å²) in [6, 6.07) is 9.08. The van der Waals surface area contributed by atoms with Crippen LogP contribution in [0.1, 0.15) is 50.2 Å². The normalized spacial score (nSPS) is 19.2. The Labute approximate surface area is 188 Å². The summed E-state index contributed by atoms with van der Waals surface area (Å²) in [6.45, 7) is 8.84. The number of likely N-dealkylation sites (tertiary alicyclic amines) is 1. The molecule has 1 heterocycles. The number of piperidine rings is 1. The second-order valence-electron chi connectivity index (χ2n) is 8.91. The highest BCUT2D eigenvalue weighted by molar-refractivity contribution is 7.89. The number of aryl methyl sites for hydroxylation is 1. The zero-order chi connectivity index (χ0) is 22.1. The van der Waals surface area contributed by atoms with E-state index in [2.05, 4.69) is 56.4 Å². The molecule has 1 saturated carbocycles. The Morgan fingerprint density at radius 3 is 2.61 bits per heavy atom. The maximum atomic E-state index is 12.2. The molecule has 0 aromatic heterocycles. The maximum absolute atomic E-state index is 12.2. The number of aliphatic imine (C=N–C) groups is 1. The van der Waals surface area contributed by atoms with Crippen LogP contribution in [0, 0.1) is 12.8 Å². The predicted molar refractivity (Wildman–Crippen MR) is 128 cm³/mol. The zero-order valence-corrected chi connectivity index (χ0v) is 19.9. The van der Waals surface area contributed by atoms with Crippen molar-refractivity contribution in [1.29, 1.82) is 0 Å². The molecule has 2 fully saturated rings. The Morgan fingerprint density at radius 2 is 1.97 bits per heavy atom. The van der Waals surface area contributed by atoms with Gasteiger partial charge in [0.2, 0.25) is 10.0 Å². The van der Waals surface area contributed by atoms with Gasteiger partial charge in [0.1, 0.15) is 0 Å². The lowest BCUT2D eigenvalue weighted by Crippen LogP contribution is -2.48. The third kappa shape index (κ3) is 8.43. The minimum absolute atomic E-state index is 0.0330. The second kappa shape index (κ2) is 11.8. The van der Waals surface area contributed by atoms with E-state index in [-0.39, 0.29) is 12.3 Å². The molecule has 31 heavy (non-hydrogen) atoms. The highest BCUT2D eigenvalue weighted by atomic mass is 32.2. The smallest absolute Gasteiger partial charge is 0.213 e. The minimum Gasteiger partial charge on any atom is -0.357 e. The highest BCUT2D eigenvalue weighted by Gasteiger charge is 2.21. The summed E-state index contributed by atoms with van der Waals surface area (Å²) in [5, 5.41) is 6.75. The van der Waals surface area contributed by atoms with Gasteiger partial charge in [-0.2, -0.15) is 0 Å². The van der Waals surface area contributed by atoms with Crippen molar-refractivity contribution in [2.75, 3.05) is 38.5 Å². The van der Waals surface area contributed by atoms with Crippen LogP contribution in [0.5, 0.6) is 0 Å². The van der Waals surface area contributed by atoms with Crippen LogP contribution in [-0.4, -0.2) is 63.8 Å². The lowest BCUT2D eigenvalue weighted by atomic mass is 9.86. The van der Waals surface area contributed by atoms with Gasteiger partial charge in [-0.25, -0.2) is 13.1 Å². The largest absolute Gasteiger partial charge is 0.357 e. The van der Waals surface area contributed by atoms with E-state index in [0.29, 0.717) is 24.5 Å². The summed E-state index contributed by atoms with van der Waals surface area (Å²) >= 11 is 0. The quantitative estimate of drug-likeness (QED) is 0.377. The van der Waals surface area contributed by atoms with Crippen LogP contribution in [0.15, 0.2) is 29.3 Å². The number of hydrogen-bond donors (Lipinski definition) is 3. The van der Waals surface area contributed by atoms with Gasteiger partial charge < -0.3 is 10.6 Å². The van der Waals surface area contributed by atoms with Crippen molar-refractivity contribution in [2.24, 2.45) is 10.9 Å². The SMILES string of the molecule is CCNC(=NCCS(=O)(=O)NCC1CCC1)NC1CCN(Cc2cccc(C)c2)CC1. The molecule has 0 amide bonds. The van der Waals surface area contributed by atoms with Gasteiger partial charge in [-0.05, 0) is 51.0 Å². The summed E-state index contributed by atoms with van der Waals surface area (Å²) in [5.41, 5.74) is 2.68. The molecule has 1 saturated heterocycles. The Kier molecular flexibility index (Phi) is 9.16. The molecular weight excluding hydrogens is 410 g/mol. The van der Waals surface area contributed by atoms with Crippen LogP contribution in [-0.2, 0) is 16.6 Å². The Balaban J connectivity index is 1.41. The van der Waals surface area contributed by atoms with E-state index < -0.39 is 10.0 Å². The van der Waals surface area contributed by atoms with Gasteiger partial charge >= 0.3 is 0 Å². The summed E-state index contributed by atoms with van der Waals surface area (Å²) in [7, 11) is -3.26. The van der Waals surface area contributed by atoms with Gasteiger partial charge in [0.25, 0.3) is 0 Å². The lowest BCUT2D eigenvalue weighted by Gasteiger charge is -2.33. The van der Waals surface area contributed by atoms with Gasteiger partial charge in [0, 0.05) is 38.8 Å². The van der Waals surface area contributed by atoms with Crippen molar-refractivity contribution in [3.63, 3.8) is 0 Å². The fourth-order valence-corrected chi connectivity index (χ4v) is 5.07. The molecule has 2 aliphatic rings. The fourth-order valence-electron chi connectivity index (χ4n) is 4.11. The third-order valence-corrected chi connectivity index (χ3v) is 7.53. The number of hydrogen-bond acceptors (Lipinski definition) is 4. The van der Waals surface area contributed by atoms with Gasteiger partial charge in [0.05, 0.1) is 12.3 Å². The molecule has 0 atom stereocenters. The Hall–Kier alpha value is -1.64. The molecule has 0 spiro atoms. The number of benzene rings is 1. The first-order valence-corrected chi connectivity index (χ1v) is 13.4. The average Bonchev–Trinajstić information content (AvgIpc) is 2.68. The van der Waals surface area contributed by atoms with Gasteiger partial charge in [-0.1, -0.05) is 36.2 Å². The molecule has 1 aliphatic heterocycles. The molecular formula is C23H39N5O2S. The molecule has 1 aromatic carbocycles. The van der Waals surface area contributed by atoms with E-state index >= 15 is 0 Å². The first kappa shape index (κ1) is 24.0. The van der Waals surface area contributed by atoms with Crippen molar-refractivity contribution in [3.8, 4) is 0 Å². The van der Waals surface area contributed by atoms with Crippen LogP contribution < -0.4 is 15.4 Å². The molecule has 7 nitrogen and oxygen atoms in total. The summed E-state index contributed by atoms with van der Waals surface area (Å²) in [6.07, 6.45) is 5.60. The summed E-state index contributed by atoms with van der Waals surface area (Å²) < 4.78 is 27.1. The molecule has 0 radical (unpaired) electrons. The average molecular weight is 450 g/mol. The van der Waals surface area contributed by atoms with Crippen LogP contribution in [0.3, 0.4) is 0 Å². The fraction of sp³-hybridized carbons (Fsp3) is 0.696.